The maximum absolute atomic E-state index is 13.7. The number of nitrogens with one attached hydrogen (secondary N) is 1. The number of anilines is 1. The number of hydrogen-bond acceptors (Lipinski definition) is 4. The Labute approximate surface area is 199 Å². The zero-order valence-electron chi connectivity index (χ0n) is 20.3. The first kappa shape index (κ1) is 25.7. The fourth-order valence-electron chi connectivity index (χ4n) is 4.97. The third-order valence-corrected chi connectivity index (χ3v) is 8.90. The minimum atomic E-state index is -3.63. The molecule has 1 unspecified atom stereocenters. The molecule has 33 heavy (non-hydrogen) atoms. The van der Waals surface area contributed by atoms with E-state index in [-0.39, 0.29) is 36.7 Å². The zero-order valence-corrected chi connectivity index (χ0v) is 21.1. The highest BCUT2D eigenvalue weighted by Gasteiger charge is 2.51. The lowest BCUT2D eigenvalue weighted by molar-refractivity contribution is -0.133. The Bertz CT molecular complexity index is 923. The van der Waals surface area contributed by atoms with Crippen molar-refractivity contribution in [3.63, 3.8) is 0 Å². The van der Waals surface area contributed by atoms with Crippen LogP contribution in [0, 0.1) is 0 Å². The molecule has 1 heterocycles. The van der Waals surface area contributed by atoms with Gasteiger partial charge in [-0.3, -0.25) is 14.5 Å². The summed E-state index contributed by atoms with van der Waals surface area (Å²) in [6, 6.07) is 7.67. The van der Waals surface area contributed by atoms with Crippen LogP contribution in [0.2, 0.25) is 0 Å². The quantitative estimate of drug-likeness (QED) is 0.650. The maximum Gasteiger partial charge on any atom is 0.247 e. The van der Waals surface area contributed by atoms with Gasteiger partial charge in [0.25, 0.3) is 0 Å². The molecule has 0 spiro atoms. The lowest BCUT2D eigenvalue weighted by atomic mass is 9.92. The van der Waals surface area contributed by atoms with Crippen molar-refractivity contribution in [2.24, 2.45) is 0 Å². The van der Waals surface area contributed by atoms with Gasteiger partial charge in [-0.2, -0.15) is 4.31 Å². The number of aryl methyl sites for hydroxylation is 1. The second-order valence-electron chi connectivity index (χ2n) is 9.62. The normalized spacial score (nSPS) is 23.7. The van der Waals surface area contributed by atoms with Crippen LogP contribution in [0.3, 0.4) is 0 Å². The number of carbonyl (C=O) groups excluding carboxylic acids is 2. The third kappa shape index (κ3) is 5.96. The van der Waals surface area contributed by atoms with Gasteiger partial charge in [0.1, 0.15) is 5.54 Å². The van der Waals surface area contributed by atoms with Crippen LogP contribution in [0.1, 0.15) is 77.7 Å². The van der Waals surface area contributed by atoms with Crippen LogP contribution in [0.5, 0.6) is 0 Å². The van der Waals surface area contributed by atoms with Gasteiger partial charge in [-0.25, -0.2) is 8.42 Å². The summed E-state index contributed by atoms with van der Waals surface area (Å²) in [5.41, 5.74) is 0.433. The van der Waals surface area contributed by atoms with Crippen molar-refractivity contribution in [1.29, 1.82) is 0 Å². The molecule has 2 aliphatic rings. The lowest BCUT2D eigenvalue weighted by Gasteiger charge is -2.47. The van der Waals surface area contributed by atoms with Crippen LogP contribution in [0.25, 0.3) is 0 Å². The summed E-state index contributed by atoms with van der Waals surface area (Å²) < 4.78 is 26.9. The number of sulfonamides is 1. The Hall–Kier alpha value is -1.93. The molecular weight excluding hydrogens is 438 g/mol. The Kier molecular flexibility index (Phi) is 8.56. The molecule has 2 amide bonds. The fraction of sp³-hybridized carbons (Fsp3) is 0.680. The van der Waals surface area contributed by atoms with Gasteiger partial charge in [0, 0.05) is 18.3 Å². The first-order valence-electron chi connectivity index (χ1n) is 12.4. The van der Waals surface area contributed by atoms with Gasteiger partial charge in [0.15, 0.2) is 0 Å². The van der Waals surface area contributed by atoms with Gasteiger partial charge in [-0.1, -0.05) is 58.1 Å². The molecule has 1 N–H and O–H groups in total. The molecular formula is C25H39N3O4S. The first-order chi connectivity index (χ1) is 15.7. The van der Waals surface area contributed by atoms with Gasteiger partial charge in [-0.15, -0.1) is 0 Å². The van der Waals surface area contributed by atoms with E-state index in [0.717, 1.165) is 37.7 Å². The van der Waals surface area contributed by atoms with E-state index in [1.54, 1.807) is 13.8 Å². The highest BCUT2D eigenvalue weighted by atomic mass is 32.2. The largest absolute Gasteiger partial charge is 0.351 e. The Balaban J connectivity index is 1.94. The van der Waals surface area contributed by atoms with E-state index in [1.165, 1.54) is 28.5 Å². The standard InChI is InChI=1S/C25H39N3O4S/c1-4-17-33(31,32)27-18-23(29)28(22-15-13-20(5-2)14-16-22)25(3,19-27)24(30)26-21-11-9-7-6-8-10-12-21/h13-16,21H,4-12,17-19H2,1-3H3,(H,26,30). The van der Waals surface area contributed by atoms with Gasteiger partial charge < -0.3 is 5.32 Å². The summed E-state index contributed by atoms with van der Waals surface area (Å²) >= 11 is 0. The van der Waals surface area contributed by atoms with Crippen LogP contribution < -0.4 is 10.2 Å². The van der Waals surface area contributed by atoms with Crippen molar-refractivity contribution in [1.82, 2.24) is 9.62 Å². The Morgan fingerprint density at radius 3 is 2.24 bits per heavy atom. The molecule has 1 aliphatic heterocycles. The molecule has 0 aromatic heterocycles. The molecule has 184 valence electrons. The molecule has 8 heteroatoms. The number of rotatable bonds is 7. The predicted molar refractivity (Wildman–Crippen MR) is 132 cm³/mol. The lowest BCUT2D eigenvalue weighted by Crippen LogP contribution is -2.71. The van der Waals surface area contributed by atoms with Gasteiger partial charge in [0.2, 0.25) is 21.8 Å². The van der Waals surface area contributed by atoms with E-state index >= 15 is 0 Å². The highest BCUT2D eigenvalue weighted by Crippen LogP contribution is 2.32. The Morgan fingerprint density at radius 2 is 1.67 bits per heavy atom. The van der Waals surface area contributed by atoms with Crippen LogP contribution in [0.4, 0.5) is 5.69 Å². The average Bonchev–Trinajstić information content (AvgIpc) is 2.75. The molecule has 0 bridgehead atoms. The molecule has 0 radical (unpaired) electrons. The molecule has 1 aliphatic carbocycles. The fourth-order valence-corrected chi connectivity index (χ4v) is 6.50. The van der Waals surface area contributed by atoms with E-state index in [0.29, 0.717) is 12.1 Å². The summed E-state index contributed by atoms with van der Waals surface area (Å²) in [6.07, 6.45) is 8.87. The summed E-state index contributed by atoms with van der Waals surface area (Å²) in [6.45, 7) is 5.26. The first-order valence-corrected chi connectivity index (χ1v) is 14.0. The van der Waals surface area contributed by atoms with Crippen molar-refractivity contribution < 1.29 is 18.0 Å². The number of hydrogen-bond donors (Lipinski definition) is 1. The van der Waals surface area contributed by atoms with Crippen LogP contribution in [0.15, 0.2) is 24.3 Å². The van der Waals surface area contributed by atoms with E-state index in [1.807, 2.05) is 24.3 Å². The second kappa shape index (κ2) is 11.0. The van der Waals surface area contributed by atoms with Crippen molar-refractivity contribution in [3.8, 4) is 0 Å². The summed E-state index contributed by atoms with van der Waals surface area (Å²) in [5, 5.41) is 3.19. The molecule has 2 fully saturated rings. The summed E-state index contributed by atoms with van der Waals surface area (Å²) in [7, 11) is -3.63. The van der Waals surface area contributed by atoms with Gasteiger partial charge >= 0.3 is 0 Å². The van der Waals surface area contributed by atoms with E-state index in [4.69, 9.17) is 0 Å². The molecule has 1 atom stereocenters. The molecule has 1 saturated carbocycles. The van der Waals surface area contributed by atoms with Crippen molar-refractivity contribution >= 4 is 27.5 Å². The number of nitrogens with zero attached hydrogens (tertiary/aromatic N) is 2. The second-order valence-corrected chi connectivity index (χ2v) is 11.7. The summed E-state index contributed by atoms with van der Waals surface area (Å²) in [4.78, 5) is 28.6. The number of amides is 2. The number of benzene rings is 1. The molecule has 1 aromatic rings. The van der Waals surface area contributed by atoms with E-state index in [2.05, 4.69) is 12.2 Å². The van der Waals surface area contributed by atoms with Gasteiger partial charge in [0.05, 0.1) is 12.3 Å². The highest BCUT2D eigenvalue weighted by molar-refractivity contribution is 7.89. The average molecular weight is 478 g/mol. The van der Waals surface area contributed by atoms with Gasteiger partial charge in [-0.05, 0) is 50.3 Å². The minimum absolute atomic E-state index is 0.0359. The van der Waals surface area contributed by atoms with Crippen LogP contribution in [-0.2, 0) is 26.0 Å². The van der Waals surface area contributed by atoms with Crippen molar-refractivity contribution in [2.75, 3.05) is 23.7 Å². The summed E-state index contributed by atoms with van der Waals surface area (Å²) in [5.74, 6) is -0.691. The smallest absolute Gasteiger partial charge is 0.247 e. The molecule has 7 nitrogen and oxygen atoms in total. The van der Waals surface area contributed by atoms with Crippen LogP contribution >= 0.6 is 0 Å². The predicted octanol–water partition coefficient (Wildman–Crippen LogP) is 3.63. The zero-order chi connectivity index (χ0) is 24.1. The maximum atomic E-state index is 13.7. The molecule has 1 aromatic carbocycles. The minimum Gasteiger partial charge on any atom is -0.351 e. The SMILES string of the molecule is CCCS(=O)(=O)N1CC(=O)N(c2ccc(CC)cc2)C(C)(C(=O)NC2CCCCCCC2)C1. The van der Waals surface area contributed by atoms with E-state index in [9.17, 15) is 18.0 Å². The Morgan fingerprint density at radius 1 is 1.06 bits per heavy atom. The van der Waals surface area contributed by atoms with Crippen molar-refractivity contribution in [2.45, 2.75) is 90.1 Å². The monoisotopic (exact) mass is 477 g/mol. The third-order valence-electron chi connectivity index (χ3n) is 6.93. The number of carbonyl (C=O) groups is 2. The van der Waals surface area contributed by atoms with E-state index < -0.39 is 15.6 Å². The van der Waals surface area contributed by atoms with Crippen molar-refractivity contribution in [3.05, 3.63) is 29.8 Å². The molecule has 1 saturated heterocycles. The topological polar surface area (TPSA) is 86.8 Å². The van der Waals surface area contributed by atoms with Crippen LogP contribution in [-0.4, -0.2) is 55.0 Å². The molecule has 3 rings (SSSR count). The number of piperazine rings is 1.